The van der Waals surface area contributed by atoms with Crippen LogP contribution in [0.15, 0.2) is 24.3 Å². The van der Waals surface area contributed by atoms with Crippen molar-refractivity contribution in [2.45, 2.75) is 37.6 Å². The summed E-state index contributed by atoms with van der Waals surface area (Å²) in [6.45, 7) is 0. The van der Waals surface area contributed by atoms with Gasteiger partial charge in [-0.25, -0.2) is 0 Å². The molecule has 1 amide bonds. The van der Waals surface area contributed by atoms with Gasteiger partial charge < -0.3 is 5.32 Å². The van der Waals surface area contributed by atoms with Gasteiger partial charge in [0.1, 0.15) is 5.54 Å². The Labute approximate surface area is 134 Å². The predicted molar refractivity (Wildman–Crippen MR) is 85.1 cm³/mol. The van der Waals surface area contributed by atoms with Crippen LogP contribution in [0, 0.1) is 11.3 Å². The second-order valence-electron chi connectivity index (χ2n) is 5.25. The van der Waals surface area contributed by atoms with Crippen molar-refractivity contribution in [3.05, 3.63) is 39.9 Å². The van der Waals surface area contributed by atoms with Gasteiger partial charge in [0.15, 0.2) is 0 Å². The Morgan fingerprint density at radius 2 is 1.95 bits per heavy atom. The average Bonchev–Trinajstić information content (AvgIpc) is 2.49. The molecule has 0 spiro atoms. The largest absolute Gasteiger partial charge is 0.334 e. The Morgan fingerprint density at radius 1 is 1.24 bits per heavy atom. The number of nitrogens with zero attached hydrogens (tertiary/aromatic N) is 1. The molecule has 0 aromatic heterocycles. The summed E-state index contributed by atoms with van der Waals surface area (Å²) >= 11 is 11.8. The Morgan fingerprint density at radius 3 is 2.57 bits per heavy atom. The zero-order valence-corrected chi connectivity index (χ0v) is 13.0. The quantitative estimate of drug-likeness (QED) is 0.841. The van der Waals surface area contributed by atoms with E-state index < -0.39 is 5.54 Å². The van der Waals surface area contributed by atoms with Crippen molar-refractivity contribution < 1.29 is 4.79 Å². The molecule has 1 aliphatic rings. The number of amides is 1. The van der Waals surface area contributed by atoms with E-state index in [9.17, 15) is 10.1 Å². The van der Waals surface area contributed by atoms with Crippen molar-refractivity contribution in [1.29, 1.82) is 5.26 Å². The monoisotopic (exact) mass is 322 g/mol. The molecule has 0 heterocycles. The molecule has 0 unspecified atom stereocenters. The lowest BCUT2D eigenvalue weighted by atomic mass is 9.83. The van der Waals surface area contributed by atoms with E-state index in [0.29, 0.717) is 10.0 Å². The maximum atomic E-state index is 12.0. The van der Waals surface area contributed by atoms with Crippen LogP contribution < -0.4 is 5.32 Å². The molecule has 0 bridgehead atoms. The molecule has 0 atom stereocenters. The minimum atomic E-state index is -0.711. The van der Waals surface area contributed by atoms with E-state index in [1.165, 1.54) is 6.08 Å². The molecule has 1 aliphatic carbocycles. The van der Waals surface area contributed by atoms with Gasteiger partial charge in [0.2, 0.25) is 5.91 Å². The second-order valence-corrected chi connectivity index (χ2v) is 6.07. The summed E-state index contributed by atoms with van der Waals surface area (Å²) in [5, 5.41) is 13.1. The van der Waals surface area contributed by atoms with Gasteiger partial charge in [0.25, 0.3) is 0 Å². The van der Waals surface area contributed by atoms with Gasteiger partial charge in [-0.05, 0) is 36.6 Å². The molecule has 2 rings (SSSR count). The molecular weight excluding hydrogens is 307 g/mol. The first-order chi connectivity index (χ1) is 10.0. The minimum Gasteiger partial charge on any atom is -0.334 e. The summed E-state index contributed by atoms with van der Waals surface area (Å²) in [6.07, 6.45) is 7.59. The van der Waals surface area contributed by atoms with Crippen LogP contribution in [0.3, 0.4) is 0 Å². The summed E-state index contributed by atoms with van der Waals surface area (Å²) in [6, 6.07) is 7.40. The number of rotatable bonds is 3. The van der Waals surface area contributed by atoms with Crippen molar-refractivity contribution in [2.24, 2.45) is 0 Å². The number of carbonyl (C=O) groups is 1. The topological polar surface area (TPSA) is 52.9 Å². The summed E-state index contributed by atoms with van der Waals surface area (Å²) in [7, 11) is 0. The van der Waals surface area contributed by atoms with Gasteiger partial charge in [0.05, 0.1) is 16.1 Å². The molecule has 21 heavy (non-hydrogen) atoms. The molecule has 1 N–H and O–H groups in total. The lowest BCUT2D eigenvalue weighted by Crippen LogP contribution is -2.48. The van der Waals surface area contributed by atoms with Crippen molar-refractivity contribution in [3.63, 3.8) is 0 Å². The average molecular weight is 323 g/mol. The van der Waals surface area contributed by atoms with E-state index in [0.717, 1.165) is 37.7 Å². The smallest absolute Gasteiger partial charge is 0.245 e. The first-order valence-electron chi connectivity index (χ1n) is 6.91. The van der Waals surface area contributed by atoms with Crippen LogP contribution in [-0.4, -0.2) is 11.4 Å². The Kier molecular flexibility index (Phi) is 5.27. The van der Waals surface area contributed by atoms with Gasteiger partial charge >= 0.3 is 0 Å². The minimum absolute atomic E-state index is 0.260. The standard InChI is InChI=1S/C16H16Cl2N2O/c17-13-6-4-12(10-14(13)18)5-7-15(21)20-16(11-19)8-2-1-3-9-16/h4-7,10H,1-3,8-9H2,(H,20,21)/b7-5+. The summed E-state index contributed by atoms with van der Waals surface area (Å²) in [4.78, 5) is 12.0. The highest BCUT2D eigenvalue weighted by Crippen LogP contribution is 2.27. The molecule has 0 radical (unpaired) electrons. The molecule has 110 valence electrons. The van der Waals surface area contributed by atoms with Crippen LogP contribution in [0.2, 0.25) is 10.0 Å². The Hall–Kier alpha value is -1.50. The van der Waals surface area contributed by atoms with E-state index in [2.05, 4.69) is 11.4 Å². The number of nitrogens with one attached hydrogen (secondary N) is 1. The van der Waals surface area contributed by atoms with Crippen LogP contribution >= 0.6 is 23.2 Å². The highest BCUT2D eigenvalue weighted by Gasteiger charge is 2.32. The van der Waals surface area contributed by atoms with Crippen molar-refractivity contribution in [2.75, 3.05) is 0 Å². The van der Waals surface area contributed by atoms with E-state index in [1.54, 1.807) is 24.3 Å². The van der Waals surface area contributed by atoms with Crippen LogP contribution in [0.4, 0.5) is 0 Å². The lowest BCUT2D eigenvalue weighted by molar-refractivity contribution is -0.118. The van der Waals surface area contributed by atoms with Crippen molar-refractivity contribution in [3.8, 4) is 6.07 Å². The molecule has 3 nitrogen and oxygen atoms in total. The molecule has 1 fully saturated rings. The SMILES string of the molecule is N#CC1(NC(=O)/C=C/c2ccc(Cl)c(Cl)c2)CCCCC1. The summed E-state index contributed by atoms with van der Waals surface area (Å²) in [5.74, 6) is -0.260. The van der Waals surface area contributed by atoms with Gasteiger partial charge in [-0.1, -0.05) is 48.5 Å². The van der Waals surface area contributed by atoms with Crippen LogP contribution in [0.5, 0.6) is 0 Å². The number of halogens is 2. The summed E-state index contributed by atoms with van der Waals surface area (Å²) in [5.41, 5.74) is 0.0753. The van der Waals surface area contributed by atoms with Gasteiger partial charge in [-0.3, -0.25) is 4.79 Å². The molecular formula is C16H16Cl2N2O. The van der Waals surface area contributed by atoms with Gasteiger partial charge in [-0.15, -0.1) is 0 Å². The van der Waals surface area contributed by atoms with E-state index in [1.807, 2.05) is 0 Å². The third-order valence-electron chi connectivity index (χ3n) is 3.65. The normalized spacial score (nSPS) is 17.4. The second kappa shape index (κ2) is 6.98. The lowest BCUT2D eigenvalue weighted by Gasteiger charge is -2.31. The number of carbonyl (C=O) groups excluding carboxylic acids is 1. The molecule has 1 aromatic rings. The highest BCUT2D eigenvalue weighted by atomic mass is 35.5. The van der Waals surface area contributed by atoms with Crippen LogP contribution in [0.25, 0.3) is 6.08 Å². The number of hydrogen-bond acceptors (Lipinski definition) is 2. The van der Waals surface area contributed by atoms with Crippen molar-refractivity contribution >= 4 is 35.2 Å². The van der Waals surface area contributed by atoms with Gasteiger partial charge in [-0.2, -0.15) is 5.26 Å². The molecule has 0 saturated heterocycles. The highest BCUT2D eigenvalue weighted by molar-refractivity contribution is 6.42. The molecule has 1 saturated carbocycles. The number of nitriles is 1. The third kappa shape index (κ3) is 4.23. The van der Waals surface area contributed by atoms with Gasteiger partial charge in [0, 0.05) is 6.08 Å². The predicted octanol–water partition coefficient (Wildman–Crippen LogP) is 4.35. The van der Waals surface area contributed by atoms with E-state index in [-0.39, 0.29) is 5.91 Å². The fourth-order valence-corrected chi connectivity index (χ4v) is 2.79. The van der Waals surface area contributed by atoms with E-state index >= 15 is 0 Å². The summed E-state index contributed by atoms with van der Waals surface area (Å²) < 4.78 is 0. The fourth-order valence-electron chi connectivity index (χ4n) is 2.49. The van der Waals surface area contributed by atoms with E-state index in [4.69, 9.17) is 23.2 Å². The number of hydrogen-bond donors (Lipinski definition) is 1. The zero-order valence-electron chi connectivity index (χ0n) is 11.5. The molecule has 5 heteroatoms. The number of benzene rings is 1. The zero-order chi connectivity index (χ0) is 15.3. The first-order valence-corrected chi connectivity index (χ1v) is 7.67. The first kappa shape index (κ1) is 15.9. The molecule has 0 aliphatic heterocycles. The Bertz CT molecular complexity index is 599. The maximum Gasteiger partial charge on any atom is 0.245 e. The molecule has 1 aromatic carbocycles. The van der Waals surface area contributed by atoms with Crippen molar-refractivity contribution in [1.82, 2.24) is 5.32 Å². The Balaban J connectivity index is 2.02. The fraction of sp³-hybridized carbons (Fsp3) is 0.375. The third-order valence-corrected chi connectivity index (χ3v) is 4.39. The van der Waals surface area contributed by atoms with Crippen LogP contribution in [0.1, 0.15) is 37.7 Å². The maximum absolute atomic E-state index is 12.0. The van der Waals surface area contributed by atoms with Crippen LogP contribution in [-0.2, 0) is 4.79 Å².